The normalized spacial score (nSPS) is 18.4. The highest BCUT2D eigenvalue weighted by molar-refractivity contribution is 7.89. The van der Waals surface area contributed by atoms with Crippen LogP contribution in [0.5, 0.6) is 0 Å². The summed E-state index contributed by atoms with van der Waals surface area (Å²) in [7, 11) is -3.41. The van der Waals surface area contributed by atoms with E-state index in [0.717, 1.165) is 43.6 Å². The summed E-state index contributed by atoms with van der Waals surface area (Å²) in [4.78, 5) is 2.76. The smallest absolute Gasteiger partial charge is 0.241 e. The van der Waals surface area contributed by atoms with Gasteiger partial charge in [0.15, 0.2) is 0 Å². The van der Waals surface area contributed by atoms with Crippen molar-refractivity contribution in [2.45, 2.75) is 44.6 Å². The Morgan fingerprint density at radius 3 is 2.50 bits per heavy atom. The number of piperidine rings is 1. The van der Waals surface area contributed by atoms with Crippen LogP contribution in [0.1, 0.15) is 30.9 Å². The van der Waals surface area contributed by atoms with Gasteiger partial charge in [-0.25, -0.2) is 13.1 Å². The number of hydrogen-bond acceptors (Lipinski definition) is 3. The van der Waals surface area contributed by atoms with Gasteiger partial charge in [-0.15, -0.1) is 0 Å². The number of benzene rings is 1. The van der Waals surface area contributed by atoms with Gasteiger partial charge in [-0.1, -0.05) is 19.1 Å². The summed E-state index contributed by atoms with van der Waals surface area (Å²) in [6, 6.07) is 5.61. The molecule has 1 saturated heterocycles. The molecule has 1 aromatic carbocycles. The van der Waals surface area contributed by atoms with Crippen LogP contribution in [-0.2, 0) is 10.0 Å². The molecule has 1 aromatic rings. The molecule has 0 atom stereocenters. The minimum Gasteiger partial charge on any atom is -0.303 e. The Balaban J connectivity index is 2.10. The molecule has 20 heavy (non-hydrogen) atoms. The molecular formula is C15H24N2O2S. The Hall–Kier alpha value is -0.910. The highest BCUT2D eigenvalue weighted by Gasteiger charge is 2.25. The minimum atomic E-state index is -3.41. The van der Waals surface area contributed by atoms with Crippen molar-refractivity contribution in [2.75, 3.05) is 19.6 Å². The maximum Gasteiger partial charge on any atom is 0.241 e. The first-order valence-corrected chi connectivity index (χ1v) is 8.72. The molecular weight excluding hydrogens is 272 g/mol. The number of hydrogen-bond donors (Lipinski definition) is 1. The van der Waals surface area contributed by atoms with Crippen molar-refractivity contribution in [1.82, 2.24) is 9.62 Å². The molecule has 0 amide bonds. The SMILES string of the molecule is CCN1CCC(NS(=O)(=O)c2cc(C)ccc2C)CC1. The van der Waals surface area contributed by atoms with E-state index in [2.05, 4.69) is 16.5 Å². The molecule has 1 N–H and O–H groups in total. The van der Waals surface area contributed by atoms with Crippen LogP contribution in [0.2, 0.25) is 0 Å². The van der Waals surface area contributed by atoms with Crippen LogP contribution in [-0.4, -0.2) is 39.0 Å². The molecule has 1 aliphatic heterocycles. The quantitative estimate of drug-likeness (QED) is 0.925. The van der Waals surface area contributed by atoms with E-state index >= 15 is 0 Å². The van der Waals surface area contributed by atoms with Gasteiger partial charge in [-0.3, -0.25) is 0 Å². The lowest BCUT2D eigenvalue weighted by Crippen LogP contribution is -2.44. The van der Waals surface area contributed by atoms with Crippen molar-refractivity contribution in [1.29, 1.82) is 0 Å². The zero-order valence-corrected chi connectivity index (χ0v) is 13.3. The van der Waals surface area contributed by atoms with Crippen molar-refractivity contribution in [3.05, 3.63) is 29.3 Å². The number of aryl methyl sites for hydroxylation is 2. The fourth-order valence-electron chi connectivity index (χ4n) is 2.65. The first-order valence-electron chi connectivity index (χ1n) is 7.24. The number of nitrogens with one attached hydrogen (secondary N) is 1. The topological polar surface area (TPSA) is 49.4 Å². The van der Waals surface area contributed by atoms with Gasteiger partial charge in [0.05, 0.1) is 4.90 Å². The van der Waals surface area contributed by atoms with Crippen LogP contribution in [0.4, 0.5) is 0 Å². The van der Waals surface area contributed by atoms with E-state index in [-0.39, 0.29) is 6.04 Å². The number of rotatable bonds is 4. The molecule has 0 spiro atoms. The molecule has 4 nitrogen and oxygen atoms in total. The van der Waals surface area contributed by atoms with Gasteiger partial charge in [0.25, 0.3) is 0 Å². The van der Waals surface area contributed by atoms with E-state index in [9.17, 15) is 8.42 Å². The van der Waals surface area contributed by atoms with E-state index in [1.807, 2.05) is 26.0 Å². The minimum absolute atomic E-state index is 0.0581. The predicted octanol–water partition coefficient (Wildman–Crippen LogP) is 2.07. The number of sulfonamides is 1. The van der Waals surface area contributed by atoms with Crippen molar-refractivity contribution >= 4 is 10.0 Å². The molecule has 1 heterocycles. The summed E-state index contributed by atoms with van der Waals surface area (Å²) in [6.07, 6.45) is 1.77. The monoisotopic (exact) mass is 296 g/mol. The average Bonchev–Trinajstić information content (AvgIpc) is 2.42. The molecule has 0 saturated carbocycles. The van der Waals surface area contributed by atoms with Crippen LogP contribution < -0.4 is 4.72 Å². The third kappa shape index (κ3) is 3.59. The van der Waals surface area contributed by atoms with Crippen molar-refractivity contribution < 1.29 is 8.42 Å². The lowest BCUT2D eigenvalue weighted by atomic mass is 10.1. The third-order valence-electron chi connectivity index (χ3n) is 3.99. The molecule has 0 aromatic heterocycles. The van der Waals surface area contributed by atoms with Gasteiger partial charge >= 0.3 is 0 Å². The lowest BCUT2D eigenvalue weighted by molar-refractivity contribution is 0.217. The number of nitrogens with zero attached hydrogens (tertiary/aromatic N) is 1. The Labute approximate surface area is 122 Å². The first kappa shape index (κ1) is 15.5. The van der Waals surface area contributed by atoms with Crippen molar-refractivity contribution in [3.63, 3.8) is 0 Å². The van der Waals surface area contributed by atoms with Gasteiger partial charge in [-0.05, 0) is 63.5 Å². The highest BCUT2D eigenvalue weighted by Crippen LogP contribution is 2.19. The van der Waals surface area contributed by atoms with E-state index in [1.54, 1.807) is 6.07 Å². The third-order valence-corrected chi connectivity index (χ3v) is 5.65. The van der Waals surface area contributed by atoms with Gasteiger partial charge in [0.1, 0.15) is 0 Å². The second kappa shape index (κ2) is 6.24. The Bertz CT molecular complexity index is 561. The summed E-state index contributed by atoms with van der Waals surface area (Å²) in [5.41, 5.74) is 1.77. The van der Waals surface area contributed by atoms with Crippen LogP contribution in [0.15, 0.2) is 23.1 Å². The van der Waals surface area contributed by atoms with Crippen LogP contribution in [0.25, 0.3) is 0 Å². The molecule has 0 bridgehead atoms. The van der Waals surface area contributed by atoms with Crippen LogP contribution in [0, 0.1) is 13.8 Å². The predicted molar refractivity (Wildman–Crippen MR) is 81.4 cm³/mol. The standard InChI is InChI=1S/C15H24N2O2S/c1-4-17-9-7-14(8-10-17)16-20(18,19)15-11-12(2)5-6-13(15)3/h5-6,11,14,16H,4,7-10H2,1-3H3. The lowest BCUT2D eigenvalue weighted by Gasteiger charge is -2.31. The molecule has 2 rings (SSSR count). The van der Waals surface area contributed by atoms with Gasteiger partial charge in [-0.2, -0.15) is 0 Å². The fraction of sp³-hybridized carbons (Fsp3) is 0.600. The molecule has 0 radical (unpaired) electrons. The highest BCUT2D eigenvalue weighted by atomic mass is 32.2. The molecule has 0 unspecified atom stereocenters. The summed E-state index contributed by atoms with van der Waals surface area (Å²) >= 11 is 0. The molecule has 0 aliphatic carbocycles. The van der Waals surface area contributed by atoms with E-state index in [4.69, 9.17) is 0 Å². The molecule has 5 heteroatoms. The Morgan fingerprint density at radius 1 is 1.25 bits per heavy atom. The zero-order valence-electron chi connectivity index (χ0n) is 12.5. The molecule has 112 valence electrons. The van der Waals surface area contributed by atoms with Crippen LogP contribution >= 0.6 is 0 Å². The number of likely N-dealkylation sites (tertiary alicyclic amines) is 1. The maximum atomic E-state index is 12.5. The van der Waals surface area contributed by atoms with Crippen molar-refractivity contribution in [2.24, 2.45) is 0 Å². The Morgan fingerprint density at radius 2 is 1.90 bits per heavy atom. The molecule has 1 aliphatic rings. The van der Waals surface area contributed by atoms with E-state index in [0.29, 0.717) is 4.90 Å². The van der Waals surface area contributed by atoms with Gasteiger partial charge in [0.2, 0.25) is 10.0 Å². The average molecular weight is 296 g/mol. The summed E-state index contributed by atoms with van der Waals surface area (Å²) in [5, 5.41) is 0. The summed E-state index contributed by atoms with van der Waals surface area (Å²) in [5.74, 6) is 0. The van der Waals surface area contributed by atoms with Gasteiger partial charge < -0.3 is 4.90 Å². The first-order chi connectivity index (χ1) is 9.42. The van der Waals surface area contributed by atoms with Crippen LogP contribution in [0.3, 0.4) is 0 Å². The van der Waals surface area contributed by atoms with Crippen molar-refractivity contribution in [3.8, 4) is 0 Å². The fourth-order valence-corrected chi connectivity index (χ4v) is 4.28. The van der Waals surface area contributed by atoms with E-state index < -0.39 is 10.0 Å². The largest absolute Gasteiger partial charge is 0.303 e. The summed E-state index contributed by atoms with van der Waals surface area (Å²) in [6.45, 7) is 8.87. The Kier molecular flexibility index (Phi) is 4.83. The summed E-state index contributed by atoms with van der Waals surface area (Å²) < 4.78 is 27.9. The van der Waals surface area contributed by atoms with Gasteiger partial charge in [0, 0.05) is 6.04 Å². The molecule has 1 fully saturated rings. The second-order valence-electron chi connectivity index (χ2n) is 5.60. The zero-order chi connectivity index (χ0) is 14.8. The second-order valence-corrected chi connectivity index (χ2v) is 7.28. The van der Waals surface area contributed by atoms with E-state index in [1.165, 1.54) is 0 Å². The maximum absolute atomic E-state index is 12.5.